The molecule has 0 bridgehead atoms. The SMILES string of the molecule is [C-]#[N+]/C(C#N)=c1\c2c(/c(=C(/C#N)[N+]#[C-])c3c1Cc1nc(SC(F)(F)F)c(SC(F)(F)F)nc1-3)-c1nc(C)c(C)nc1C2. The molecule has 0 atom stereocenters. The van der Waals surface area contributed by atoms with Crippen LogP contribution in [0.25, 0.3) is 43.6 Å². The average Bonchev–Trinajstić information content (AvgIpc) is 3.42. The first-order valence-corrected chi connectivity index (χ1v) is 13.1. The summed E-state index contributed by atoms with van der Waals surface area (Å²) < 4.78 is 80.2. The molecular weight excluding hydrogens is 602 g/mol. The number of aryl methyl sites for hydroxylation is 2. The molecule has 0 spiro atoms. The Kier molecular flexibility index (Phi) is 6.89. The lowest BCUT2D eigenvalue weighted by Crippen LogP contribution is -2.26. The van der Waals surface area contributed by atoms with Gasteiger partial charge in [-0.05, 0) is 25.0 Å². The number of nitriles is 2. The van der Waals surface area contributed by atoms with Crippen molar-refractivity contribution in [2.75, 3.05) is 0 Å². The number of nitrogens with zero attached hydrogens (tertiary/aromatic N) is 8. The van der Waals surface area contributed by atoms with Gasteiger partial charge in [-0.15, -0.1) is 0 Å². The molecule has 0 saturated heterocycles. The molecule has 42 heavy (non-hydrogen) atoms. The molecule has 8 nitrogen and oxygen atoms in total. The van der Waals surface area contributed by atoms with Crippen molar-refractivity contribution in [3.8, 4) is 34.7 Å². The molecule has 2 aromatic heterocycles. The van der Waals surface area contributed by atoms with Crippen LogP contribution in [-0.2, 0) is 12.8 Å². The van der Waals surface area contributed by atoms with Crippen LogP contribution in [0.1, 0.15) is 33.9 Å². The highest BCUT2D eigenvalue weighted by atomic mass is 32.2. The van der Waals surface area contributed by atoms with Gasteiger partial charge in [0.25, 0.3) is 11.4 Å². The maximum Gasteiger partial charge on any atom is 0.447 e. The molecule has 0 saturated carbocycles. The van der Waals surface area contributed by atoms with E-state index in [9.17, 15) is 36.9 Å². The Morgan fingerprint density at radius 2 is 1.14 bits per heavy atom. The molecule has 0 unspecified atom stereocenters. The number of fused-ring (bicyclic) bond motifs is 6. The van der Waals surface area contributed by atoms with E-state index in [0.29, 0.717) is 22.6 Å². The molecule has 3 aromatic rings. The van der Waals surface area contributed by atoms with Gasteiger partial charge in [0.2, 0.25) is 0 Å². The fourth-order valence-corrected chi connectivity index (χ4v) is 6.20. The quantitative estimate of drug-likeness (QED) is 0.149. The second-order valence-electron chi connectivity index (χ2n) is 8.87. The molecule has 2 aliphatic rings. The Balaban J connectivity index is 2.02. The highest BCUT2D eigenvalue weighted by molar-refractivity contribution is 8.03. The molecule has 1 aromatic carbocycles. The van der Waals surface area contributed by atoms with Crippen molar-refractivity contribution < 1.29 is 26.3 Å². The van der Waals surface area contributed by atoms with Crippen LogP contribution in [0.5, 0.6) is 0 Å². The van der Waals surface area contributed by atoms with Crippen LogP contribution in [0.2, 0.25) is 0 Å². The Hall–Kier alpha value is -4.64. The predicted octanol–water partition coefficient (Wildman–Crippen LogP) is 5.35. The van der Waals surface area contributed by atoms with Gasteiger partial charge in [-0.3, -0.25) is 4.98 Å². The van der Waals surface area contributed by atoms with Gasteiger partial charge in [-0.25, -0.2) is 35.2 Å². The number of halogens is 6. The third-order valence-corrected chi connectivity index (χ3v) is 8.04. The third kappa shape index (κ3) is 4.79. The maximum absolute atomic E-state index is 13.4. The van der Waals surface area contributed by atoms with Crippen molar-refractivity contribution in [3.63, 3.8) is 0 Å². The van der Waals surface area contributed by atoms with Gasteiger partial charge in [-0.2, -0.15) is 26.3 Å². The lowest BCUT2D eigenvalue weighted by molar-refractivity contribution is -0.0349. The van der Waals surface area contributed by atoms with Crippen molar-refractivity contribution in [2.24, 2.45) is 0 Å². The first-order valence-electron chi connectivity index (χ1n) is 11.5. The summed E-state index contributed by atoms with van der Waals surface area (Å²) in [6, 6.07) is 3.59. The highest BCUT2D eigenvalue weighted by Crippen LogP contribution is 2.47. The standard InChI is InChI=1S/C26H10F6N8S2/c1-9-10(2)38-21-13(37-9)5-11-17(15(7-33)35-3)12-6-14-22(19(12)20(18(11)21)16(8-34)36-4)40-24(42-26(30,31)32)23(39-14)41-25(27,28)29/h5-6H2,1-2H3/b17-15+,20-16+. The lowest BCUT2D eigenvalue weighted by atomic mass is 9.92. The normalized spacial score (nSPS) is 14.4. The van der Waals surface area contributed by atoms with E-state index in [1.54, 1.807) is 19.9 Å². The number of alkyl halides is 6. The molecule has 0 N–H and O–H groups in total. The Labute approximate surface area is 241 Å². The second kappa shape index (κ2) is 10.0. The van der Waals surface area contributed by atoms with Gasteiger partial charge in [0.15, 0.2) is 0 Å². The summed E-state index contributed by atoms with van der Waals surface area (Å²) >= 11 is -1.74. The zero-order chi connectivity index (χ0) is 30.7. The summed E-state index contributed by atoms with van der Waals surface area (Å²) in [5.74, 6) is 0. The van der Waals surface area contributed by atoms with E-state index in [4.69, 9.17) is 13.1 Å². The van der Waals surface area contributed by atoms with Crippen LogP contribution in [0.15, 0.2) is 10.1 Å². The van der Waals surface area contributed by atoms with Crippen LogP contribution >= 0.6 is 23.5 Å². The minimum Gasteiger partial charge on any atom is -0.254 e. The van der Waals surface area contributed by atoms with Gasteiger partial charge in [-0.1, -0.05) is 0 Å². The number of rotatable bonds is 2. The second-order valence-corrected chi connectivity index (χ2v) is 11.0. The zero-order valence-corrected chi connectivity index (χ0v) is 22.7. The van der Waals surface area contributed by atoms with Crippen molar-refractivity contribution in [3.05, 3.63) is 67.2 Å². The first-order chi connectivity index (χ1) is 19.7. The van der Waals surface area contributed by atoms with Crippen LogP contribution in [0, 0.1) is 49.7 Å². The van der Waals surface area contributed by atoms with Crippen molar-refractivity contribution in [1.29, 1.82) is 10.5 Å². The Bertz CT molecular complexity index is 2010. The van der Waals surface area contributed by atoms with Gasteiger partial charge < -0.3 is 0 Å². The molecular formula is C26H10F6N8S2. The maximum atomic E-state index is 13.4. The molecule has 16 heteroatoms. The van der Waals surface area contributed by atoms with Gasteiger partial charge in [0.1, 0.15) is 10.1 Å². The summed E-state index contributed by atoms with van der Waals surface area (Å²) in [6.07, 6.45) is -0.268. The van der Waals surface area contributed by atoms with Crippen molar-refractivity contribution in [2.45, 2.75) is 47.8 Å². The fourth-order valence-electron chi connectivity index (χ4n) is 4.95. The van der Waals surface area contributed by atoms with Crippen molar-refractivity contribution in [1.82, 2.24) is 19.9 Å². The molecule has 208 valence electrons. The zero-order valence-electron chi connectivity index (χ0n) is 21.1. The van der Waals surface area contributed by atoms with E-state index in [0.717, 1.165) is 0 Å². The Morgan fingerprint density at radius 1 is 0.714 bits per heavy atom. The van der Waals surface area contributed by atoms with E-state index in [1.165, 1.54) is 0 Å². The third-order valence-electron chi connectivity index (χ3n) is 6.49. The smallest absolute Gasteiger partial charge is 0.254 e. The number of benzene rings is 1. The lowest BCUT2D eigenvalue weighted by Gasteiger charge is -2.14. The summed E-state index contributed by atoms with van der Waals surface area (Å²) in [6.45, 7) is 18.7. The molecule has 0 aliphatic heterocycles. The van der Waals surface area contributed by atoms with Gasteiger partial charge in [0.05, 0.1) is 59.4 Å². The van der Waals surface area contributed by atoms with Crippen LogP contribution in [0.4, 0.5) is 26.3 Å². The van der Waals surface area contributed by atoms with E-state index in [-0.39, 0.29) is 57.1 Å². The Morgan fingerprint density at radius 3 is 1.62 bits per heavy atom. The molecule has 2 heterocycles. The number of hydrogen-bond acceptors (Lipinski definition) is 8. The highest BCUT2D eigenvalue weighted by Gasteiger charge is 2.40. The monoisotopic (exact) mass is 612 g/mol. The van der Waals surface area contributed by atoms with Crippen LogP contribution in [0.3, 0.4) is 0 Å². The topological polar surface area (TPSA) is 108 Å². The number of hydrogen-bond donors (Lipinski definition) is 0. The predicted molar refractivity (Wildman–Crippen MR) is 138 cm³/mol. The average molecular weight is 613 g/mol. The summed E-state index contributed by atoms with van der Waals surface area (Å²) in [5.41, 5.74) is -8.96. The first kappa shape index (κ1) is 28.9. The fraction of sp³-hybridized carbons (Fsp3) is 0.231. The van der Waals surface area contributed by atoms with E-state index in [2.05, 4.69) is 29.6 Å². The van der Waals surface area contributed by atoms with E-state index < -0.39 is 56.0 Å². The van der Waals surface area contributed by atoms with E-state index in [1.807, 2.05) is 6.07 Å². The summed E-state index contributed by atoms with van der Waals surface area (Å²) in [7, 11) is 0. The molecule has 2 aliphatic carbocycles. The minimum absolute atomic E-state index is 0.0490. The van der Waals surface area contributed by atoms with Crippen molar-refractivity contribution >= 4 is 34.9 Å². The molecule has 5 rings (SSSR count). The summed E-state index contributed by atoms with van der Waals surface area (Å²) in [4.78, 5) is 23.7. The summed E-state index contributed by atoms with van der Waals surface area (Å²) in [5, 5.41) is 17.7. The van der Waals surface area contributed by atoms with Crippen LogP contribution in [-0.4, -0.2) is 31.0 Å². The van der Waals surface area contributed by atoms with Crippen LogP contribution < -0.4 is 10.4 Å². The van der Waals surface area contributed by atoms with Gasteiger partial charge >= 0.3 is 11.0 Å². The molecule has 0 amide bonds. The largest absolute Gasteiger partial charge is 0.447 e. The number of thioether (sulfide) groups is 2. The minimum atomic E-state index is -5.02. The number of aromatic nitrogens is 4. The molecule has 0 fully saturated rings. The molecule has 0 radical (unpaired) electrons. The van der Waals surface area contributed by atoms with Gasteiger partial charge in [0, 0.05) is 57.9 Å². The van der Waals surface area contributed by atoms with E-state index >= 15 is 0 Å².